The zero-order valence-corrected chi connectivity index (χ0v) is 9.56. The molecule has 1 fully saturated rings. The van der Waals surface area contributed by atoms with Crippen LogP contribution in [-0.4, -0.2) is 44.3 Å². The number of halogens is 1. The molecule has 1 saturated heterocycles. The van der Waals surface area contributed by atoms with Gasteiger partial charge in [-0.2, -0.15) is 0 Å². The Morgan fingerprint density at radius 2 is 2.17 bits per heavy atom. The second-order valence-electron chi connectivity index (χ2n) is 4.09. The third-order valence-corrected chi connectivity index (χ3v) is 2.96. The Balaban J connectivity index is 2.42. The molecule has 7 nitrogen and oxygen atoms in total. The van der Waals surface area contributed by atoms with E-state index < -0.39 is 42.5 Å². The lowest BCUT2D eigenvalue weighted by Crippen LogP contribution is -2.41. The molecule has 0 saturated carbocycles. The molecule has 0 radical (unpaired) electrons. The van der Waals surface area contributed by atoms with Gasteiger partial charge in [0.2, 0.25) is 0 Å². The minimum atomic E-state index is -1.79. The highest BCUT2D eigenvalue weighted by Crippen LogP contribution is 2.29. The van der Waals surface area contributed by atoms with Crippen molar-refractivity contribution in [3.05, 3.63) is 33.1 Å². The summed E-state index contributed by atoms with van der Waals surface area (Å²) in [5.41, 5.74) is -1.24. The molecule has 2 N–H and O–H groups in total. The van der Waals surface area contributed by atoms with Gasteiger partial charge in [-0.1, -0.05) is 0 Å². The molecular formula is C10H13FN2O5. The monoisotopic (exact) mass is 260 g/mol. The van der Waals surface area contributed by atoms with Crippen LogP contribution in [0.25, 0.3) is 0 Å². The molecule has 2 heterocycles. The molecule has 1 aliphatic heterocycles. The van der Waals surface area contributed by atoms with Gasteiger partial charge in [0.25, 0.3) is 5.56 Å². The molecule has 0 bridgehead atoms. The van der Waals surface area contributed by atoms with Crippen LogP contribution in [0.1, 0.15) is 6.23 Å². The fourth-order valence-electron chi connectivity index (χ4n) is 1.87. The normalized spacial score (nSPS) is 31.8. The number of aliphatic hydroxyl groups is 2. The zero-order chi connectivity index (χ0) is 13.4. The Labute approximate surface area is 101 Å². The second-order valence-corrected chi connectivity index (χ2v) is 4.09. The first-order chi connectivity index (χ1) is 8.47. The summed E-state index contributed by atoms with van der Waals surface area (Å²) in [5.74, 6) is 0. The summed E-state index contributed by atoms with van der Waals surface area (Å²) >= 11 is 0. The van der Waals surface area contributed by atoms with Crippen molar-refractivity contribution in [1.82, 2.24) is 9.13 Å². The average Bonchev–Trinajstić information content (AvgIpc) is 2.64. The van der Waals surface area contributed by atoms with Crippen molar-refractivity contribution in [2.45, 2.75) is 24.6 Å². The van der Waals surface area contributed by atoms with Gasteiger partial charge < -0.3 is 14.9 Å². The van der Waals surface area contributed by atoms with E-state index in [9.17, 15) is 19.1 Å². The molecule has 1 aromatic rings. The third-order valence-electron chi connectivity index (χ3n) is 2.96. The van der Waals surface area contributed by atoms with Crippen LogP contribution >= 0.6 is 0 Å². The van der Waals surface area contributed by atoms with E-state index >= 15 is 0 Å². The summed E-state index contributed by atoms with van der Waals surface area (Å²) in [6.07, 6.45) is -4.67. The Morgan fingerprint density at radius 1 is 1.50 bits per heavy atom. The summed E-state index contributed by atoms with van der Waals surface area (Å²) in [7, 11) is 1.26. The molecule has 0 aromatic carbocycles. The molecule has 1 aromatic heterocycles. The maximum absolute atomic E-state index is 13.5. The van der Waals surface area contributed by atoms with Crippen LogP contribution in [0.3, 0.4) is 0 Å². The van der Waals surface area contributed by atoms with Crippen LogP contribution in [0.5, 0.6) is 0 Å². The molecule has 1 aliphatic rings. The van der Waals surface area contributed by atoms with E-state index in [-0.39, 0.29) is 0 Å². The number of hydrogen-bond acceptors (Lipinski definition) is 5. The number of nitrogens with zero attached hydrogens (tertiary/aromatic N) is 2. The number of ether oxygens (including phenoxy) is 1. The Hall–Kier alpha value is -1.51. The summed E-state index contributed by atoms with van der Waals surface area (Å²) in [6, 6.07) is 1.11. The van der Waals surface area contributed by atoms with Gasteiger partial charge in [-0.3, -0.25) is 13.9 Å². The minimum Gasteiger partial charge on any atom is -0.394 e. The number of alkyl halides is 1. The van der Waals surface area contributed by atoms with E-state index in [4.69, 9.17) is 9.84 Å². The Kier molecular flexibility index (Phi) is 3.33. The van der Waals surface area contributed by atoms with Crippen LogP contribution in [0, 0.1) is 0 Å². The van der Waals surface area contributed by atoms with Crippen molar-refractivity contribution in [3.63, 3.8) is 0 Å². The standard InChI is InChI=1S/C10H13FN2O5/c1-12-6(15)2-3-13(10(12)17)9-8(16)7(11)5(4-14)18-9/h2-3,5,7-9,14,16H,4H2,1H3/t5-,7-,8-,9-/m1/s1. The van der Waals surface area contributed by atoms with Crippen molar-refractivity contribution < 1.29 is 19.3 Å². The lowest BCUT2D eigenvalue weighted by molar-refractivity contribution is -0.0542. The van der Waals surface area contributed by atoms with Gasteiger partial charge in [0.05, 0.1) is 6.61 Å². The number of aromatic nitrogens is 2. The molecule has 2 rings (SSSR count). The third kappa shape index (κ3) is 1.88. The van der Waals surface area contributed by atoms with Crippen molar-refractivity contribution in [2.24, 2.45) is 7.05 Å². The SMILES string of the molecule is Cn1c(=O)ccn([C@@H]2O[C@H](CO)[C@@H](F)[C@H]2O)c1=O. The summed E-state index contributed by atoms with van der Waals surface area (Å²) in [5, 5.41) is 18.5. The highest BCUT2D eigenvalue weighted by Gasteiger charge is 2.45. The molecular weight excluding hydrogens is 247 g/mol. The lowest BCUT2D eigenvalue weighted by Gasteiger charge is -2.17. The molecule has 0 unspecified atom stereocenters. The van der Waals surface area contributed by atoms with Crippen molar-refractivity contribution >= 4 is 0 Å². The van der Waals surface area contributed by atoms with Crippen molar-refractivity contribution in [2.75, 3.05) is 6.61 Å². The van der Waals surface area contributed by atoms with Crippen LogP contribution in [0.2, 0.25) is 0 Å². The topological polar surface area (TPSA) is 93.7 Å². The fourth-order valence-corrected chi connectivity index (χ4v) is 1.87. The fraction of sp³-hybridized carbons (Fsp3) is 0.600. The number of hydrogen-bond donors (Lipinski definition) is 2. The second kappa shape index (κ2) is 4.63. The smallest absolute Gasteiger partial charge is 0.332 e. The van der Waals surface area contributed by atoms with Gasteiger partial charge in [0, 0.05) is 19.3 Å². The van der Waals surface area contributed by atoms with E-state index in [1.807, 2.05) is 0 Å². The zero-order valence-electron chi connectivity index (χ0n) is 9.56. The predicted molar refractivity (Wildman–Crippen MR) is 57.8 cm³/mol. The van der Waals surface area contributed by atoms with Crippen molar-refractivity contribution in [3.8, 4) is 0 Å². The number of aliphatic hydroxyl groups excluding tert-OH is 2. The highest BCUT2D eigenvalue weighted by molar-refractivity contribution is 4.94. The van der Waals surface area contributed by atoms with Crippen LogP contribution in [0.4, 0.5) is 4.39 Å². The largest absolute Gasteiger partial charge is 0.394 e. The first kappa shape index (κ1) is 12.9. The molecule has 0 amide bonds. The average molecular weight is 260 g/mol. The minimum absolute atomic E-state index is 0.515. The van der Waals surface area contributed by atoms with E-state index in [0.717, 1.165) is 21.4 Å². The molecule has 0 aliphatic carbocycles. The van der Waals surface area contributed by atoms with E-state index in [0.29, 0.717) is 0 Å². The molecule has 100 valence electrons. The van der Waals surface area contributed by atoms with Gasteiger partial charge in [-0.05, 0) is 0 Å². The first-order valence-corrected chi connectivity index (χ1v) is 5.34. The first-order valence-electron chi connectivity index (χ1n) is 5.34. The van der Waals surface area contributed by atoms with Crippen LogP contribution in [0.15, 0.2) is 21.9 Å². The summed E-state index contributed by atoms with van der Waals surface area (Å²) in [4.78, 5) is 23.0. The Bertz CT molecular complexity index is 554. The van der Waals surface area contributed by atoms with Gasteiger partial charge in [0.1, 0.15) is 12.2 Å². The lowest BCUT2D eigenvalue weighted by atomic mass is 10.1. The van der Waals surface area contributed by atoms with Crippen LogP contribution in [-0.2, 0) is 11.8 Å². The summed E-state index contributed by atoms with van der Waals surface area (Å²) < 4.78 is 20.3. The van der Waals surface area contributed by atoms with E-state index in [1.54, 1.807) is 0 Å². The van der Waals surface area contributed by atoms with Gasteiger partial charge in [0.15, 0.2) is 12.4 Å². The molecule has 4 atom stereocenters. The van der Waals surface area contributed by atoms with E-state index in [1.165, 1.54) is 7.05 Å². The molecule has 8 heteroatoms. The Morgan fingerprint density at radius 3 is 2.72 bits per heavy atom. The molecule has 0 spiro atoms. The quantitative estimate of drug-likeness (QED) is 0.650. The highest BCUT2D eigenvalue weighted by atomic mass is 19.1. The van der Waals surface area contributed by atoms with E-state index in [2.05, 4.69) is 0 Å². The van der Waals surface area contributed by atoms with Crippen LogP contribution < -0.4 is 11.2 Å². The predicted octanol–water partition coefficient (Wildman–Crippen LogP) is -1.86. The van der Waals surface area contributed by atoms with Gasteiger partial charge >= 0.3 is 5.69 Å². The van der Waals surface area contributed by atoms with Gasteiger partial charge in [-0.25, -0.2) is 9.18 Å². The van der Waals surface area contributed by atoms with Gasteiger partial charge in [-0.15, -0.1) is 0 Å². The maximum Gasteiger partial charge on any atom is 0.332 e. The maximum atomic E-state index is 13.5. The number of rotatable bonds is 2. The summed E-state index contributed by atoms with van der Waals surface area (Å²) in [6.45, 7) is -0.602. The molecule has 18 heavy (non-hydrogen) atoms. The van der Waals surface area contributed by atoms with Crippen molar-refractivity contribution in [1.29, 1.82) is 0 Å².